The number of halogens is 5. The van der Waals surface area contributed by atoms with Crippen molar-refractivity contribution >= 4 is 11.8 Å². The fourth-order valence-corrected chi connectivity index (χ4v) is 2.46. The van der Waals surface area contributed by atoms with E-state index in [1.54, 1.807) is 0 Å². The zero-order chi connectivity index (χ0) is 15.6. The second-order valence-electron chi connectivity index (χ2n) is 3.99. The van der Waals surface area contributed by atoms with Crippen LogP contribution in [0.2, 0.25) is 0 Å². The molecule has 0 saturated carbocycles. The second kappa shape index (κ2) is 5.74. The van der Waals surface area contributed by atoms with E-state index in [4.69, 9.17) is 5.26 Å². The maximum atomic E-state index is 13.5. The summed E-state index contributed by atoms with van der Waals surface area (Å²) >= 11 is 0.721. The Kier molecular flexibility index (Phi) is 4.19. The van der Waals surface area contributed by atoms with E-state index in [2.05, 4.69) is 0 Å². The third-order valence-corrected chi connectivity index (χ3v) is 3.58. The molecule has 2 aromatic carbocycles. The van der Waals surface area contributed by atoms with Crippen LogP contribution in [0, 0.1) is 23.0 Å². The number of alkyl halides is 3. The first-order valence-corrected chi connectivity index (χ1v) is 6.37. The fourth-order valence-electron chi connectivity index (χ4n) is 1.60. The summed E-state index contributed by atoms with van der Waals surface area (Å²) in [6.45, 7) is 0. The fraction of sp³-hybridized carbons (Fsp3) is 0.0714. The van der Waals surface area contributed by atoms with E-state index in [-0.39, 0.29) is 9.79 Å². The van der Waals surface area contributed by atoms with Gasteiger partial charge in [0.1, 0.15) is 11.6 Å². The molecule has 0 aliphatic carbocycles. The van der Waals surface area contributed by atoms with Gasteiger partial charge in [-0.1, -0.05) is 11.8 Å². The number of nitrogens with zero attached hydrogens (tertiary/aromatic N) is 1. The molecule has 21 heavy (non-hydrogen) atoms. The van der Waals surface area contributed by atoms with E-state index in [1.165, 1.54) is 12.1 Å². The zero-order valence-corrected chi connectivity index (χ0v) is 11.0. The lowest BCUT2D eigenvalue weighted by Crippen LogP contribution is -2.07. The zero-order valence-electron chi connectivity index (χ0n) is 10.2. The third-order valence-electron chi connectivity index (χ3n) is 2.54. The molecule has 7 heteroatoms. The third kappa shape index (κ3) is 3.52. The Morgan fingerprint density at radius 1 is 1.00 bits per heavy atom. The van der Waals surface area contributed by atoms with Gasteiger partial charge in [0.25, 0.3) is 0 Å². The first kappa shape index (κ1) is 15.3. The highest BCUT2D eigenvalue weighted by atomic mass is 32.2. The molecule has 0 heterocycles. The van der Waals surface area contributed by atoms with Crippen molar-refractivity contribution in [3.8, 4) is 6.07 Å². The lowest BCUT2D eigenvalue weighted by molar-refractivity contribution is -0.137. The van der Waals surface area contributed by atoms with Crippen LogP contribution in [0.1, 0.15) is 11.1 Å². The van der Waals surface area contributed by atoms with Crippen molar-refractivity contribution < 1.29 is 22.0 Å². The molecule has 2 rings (SSSR count). The van der Waals surface area contributed by atoms with Gasteiger partial charge >= 0.3 is 6.18 Å². The number of hydrogen-bond donors (Lipinski definition) is 0. The largest absolute Gasteiger partial charge is 0.417 e. The average molecular weight is 315 g/mol. The molecule has 2 aromatic rings. The maximum absolute atomic E-state index is 13.5. The minimum atomic E-state index is -4.68. The van der Waals surface area contributed by atoms with Gasteiger partial charge < -0.3 is 0 Å². The van der Waals surface area contributed by atoms with E-state index < -0.39 is 28.9 Å². The first-order valence-electron chi connectivity index (χ1n) is 5.55. The monoisotopic (exact) mass is 315 g/mol. The van der Waals surface area contributed by atoms with E-state index >= 15 is 0 Å². The summed E-state index contributed by atoms with van der Waals surface area (Å²) in [5.41, 5.74) is -1.59. The molecule has 1 nitrogen and oxygen atoms in total. The predicted octanol–water partition coefficient (Wildman–Crippen LogP) is 5.01. The molecule has 0 aliphatic heterocycles. The Balaban J connectivity index is 2.40. The Bertz CT molecular complexity index is 718. The van der Waals surface area contributed by atoms with Gasteiger partial charge in [0, 0.05) is 15.9 Å². The van der Waals surface area contributed by atoms with Gasteiger partial charge in [-0.2, -0.15) is 18.4 Å². The molecule has 0 bridgehead atoms. The Morgan fingerprint density at radius 2 is 1.71 bits per heavy atom. The topological polar surface area (TPSA) is 23.8 Å². The number of rotatable bonds is 2. The summed E-state index contributed by atoms with van der Waals surface area (Å²) in [5, 5.41) is 8.68. The smallest absolute Gasteiger partial charge is 0.207 e. The van der Waals surface area contributed by atoms with Crippen LogP contribution < -0.4 is 0 Å². The minimum absolute atomic E-state index is 0.00534. The summed E-state index contributed by atoms with van der Waals surface area (Å²) in [7, 11) is 0. The van der Waals surface area contributed by atoms with Crippen molar-refractivity contribution in [3.05, 3.63) is 59.2 Å². The summed E-state index contributed by atoms with van der Waals surface area (Å²) in [5.74, 6) is -1.63. The van der Waals surface area contributed by atoms with Gasteiger partial charge in [-0.25, -0.2) is 8.78 Å². The van der Waals surface area contributed by atoms with Gasteiger partial charge in [-0.05, 0) is 30.3 Å². The van der Waals surface area contributed by atoms with Gasteiger partial charge in [0.15, 0.2) is 0 Å². The molecule has 0 aliphatic rings. The molecule has 0 N–H and O–H groups in total. The molecule has 0 radical (unpaired) electrons. The molecule has 0 unspecified atom stereocenters. The lowest BCUT2D eigenvalue weighted by atomic mass is 10.1. The van der Waals surface area contributed by atoms with Crippen LogP contribution in [-0.2, 0) is 6.18 Å². The highest BCUT2D eigenvalue weighted by molar-refractivity contribution is 7.99. The van der Waals surface area contributed by atoms with Crippen LogP contribution in [-0.4, -0.2) is 0 Å². The molecular formula is C14H6F5NS. The van der Waals surface area contributed by atoms with Crippen LogP contribution in [0.3, 0.4) is 0 Å². The molecule has 0 amide bonds. The summed E-state index contributed by atoms with van der Waals surface area (Å²) in [6.07, 6.45) is -4.68. The van der Waals surface area contributed by atoms with Gasteiger partial charge in [0.2, 0.25) is 0 Å². The van der Waals surface area contributed by atoms with Crippen LogP contribution >= 0.6 is 11.8 Å². The molecule has 0 fully saturated rings. The van der Waals surface area contributed by atoms with Gasteiger partial charge in [0.05, 0.1) is 17.2 Å². The van der Waals surface area contributed by atoms with Crippen LogP contribution in [0.4, 0.5) is 22.0 Å². The van der Waals surface area contributed by atoms with E-state index in [1.807, 2.05) is 0 Å². The molecule has 0 spiro atoms. The van der Waals surface area contributed by atoms with Crippen molar-refractivity contribution in [3.63, 3.8) is 0 Å². The van der Waals surface area contributed by atoms with Crippen LogP contribution in [0.5, 0.6) is 0 Å². The molecular weight excluding hydrogens is 309 g/mol. The molecule has 0 saturated heterocycles. The Morgan fingerprint density at radius 3 is 2.29 bits per heavy atom. The van der Waals surface area contributed by atoms with Crippen molar-refractivity contribution in [1.29, 1.82) is 5.26 Å². The lowest BCUT2D eigenvalue weighted by Gasteiger charge is -2.10. The van der Waals surface area contributed by atoms with Crippen molar-refractivity contribution in [2.45, 2.75) is 16.0 Å². The number of nitriles is 1. The Labute approximate surface area is 121 Å². The number of hydrogen-bond acceptors (Lipinski definition) is 2. The SMILES string of the molecule is N#Cc1ccc(Sc2ccc(F)cc2F)cc1C(F)(F)F. The van der Waals surface area contributed by atoms with Crippen molar-refractivity contribution in [1.82, 2.24) is 0 Å². The average Bonchev–Trinajstić information content (AvgIpc) is 2.41. The van der Waals surface area contributed by atoms with Gasteiger partial charge in [-0.15, -0.1) is 0 Å². The van der Waals surface area contributed by atoms with Crippen LogP contribution in [0.25, 0.3) is 0 Å². The van der Waals surface area contributed by atoms with Gasteiger partial charge in [-0.3, -0.25) is 0 Å². The highest BCUT2D eigenvalue weighted by Gasteiger charge is 2.33. The summed E-state index contributed by atoms with van der Waals surface area (Å²) in [6, 6.07) is 7.33. The quantitative estimate of drug-likeness (QED) is 0.728. The normalized spacial score (nSPS) is 11.2. The number of benzene rings is 2. The maximum Gasteiger partial charge on any atom is 0.417 e. The van der Waals surface area contributed by atoms with E-state index in [9.17, 15) is 22.0 Å². The summed E-state index contributed by atoms with van der Waals surface area (Å²) in [4.78, 5) is 0.0982. The Hall–Kier alpha value is -2.07. The second-order valence-corrected chi connectivity index (χ2v) is 5.11. The summed E-state index contributed by atoms with van der Waals surface area (Å²) < 4.78 is 64.7. The van der Waals surface area contributed by atoms with E-state index in [0.29, 0.717) is 6.07 Å². The highest BCUT2D eigenvalue weighted by Crippen LogP contribution is 2.37. The first-order chi connectivity index (χ1) is 9.81. The molecule has 108 valence electrons. The predicted molar refractivity (Wildman–Crippen MR) is 66.6 cm³/mol. The van der Waals surface area contributed by atoms with Crippen molar-refractivity contribution in [2.24, 2.45) is 0 Å². The standard InChI is InChI=1S/C14H6F5NS/c15-9-2-4-13(12(16)5-9)21-10-3-1-8(7-20)11(6-10)14(17,18)19/h1-6H. The molecule has 0 aromatic heterocycles. The minimum Gasteiger partial charge on any atom is -0.207 e. The van der Waals surface area contributed by atoms with E-state index in [0.717, 1.165) is 36.0 Å². The van der Waals surface area contributed by atoms with Crippen molar-refractivity contribution in [2.75, 3.05) is 0 Å². The van der Waals surface area contributed by atoms with Crippen LogP contribution in [0.15, 0.2) is 46.2 Å². The molecule has 0 atom stereocenters.